The first-order chi connectivity index (χ1) is 14.2. The van der Waals surface area contributed by atoms with Gasteiger partial charge in [0.25, 0.3) is 15.9 Å². The number of nitrogens with one attached hydrogen (secondary N) is 2. The second kappa shape index (κ2) is 8.95. The predicted molar refractivity (Wildman–Crippen MR) is 119 cm³/mol. The average Bonchev–Trinajstić information content (AvgIpc) is 2.71. The van der Waals surface area contributed by atoms with Crippen molar-refractivity contribution in [3.05, 3.63) is 81.8 Å². The first kappa shape index (κ1) is 22.0. The highest BCUT2D eigenvalue weighted by Crippen LogP contribution is 2.30. The van der Waals surface area contributed by atoms with Crippen LogP contribution in [0.4, 0.5) is 11.4 Å². The van der Waals surface area contributed by atoms with Crippen molar-refractivity contribution < 1.29 is 17.9 Å². The van der Waals surface area contributed by atoms with Crippen molar-refractivity contribution in [2.75, 3.05) is 17.1 Å². The minimum Gasteiger partial charge on any atom is -0.495 e. The molecule has 0 radical (unpaired) electrons. The van der Waals surface area contributed by atoms with Crippen molar-refractivity contribution in [2.45, 2.75) is 11.8 Å². The van der Waals surface area contributed by atoms with Crippen LogP contribution in [-0.2, 0) is 10.0 Å². The highest BCUT2D eigenvalue weighted by molar-refractivity contribution is 7.92. The van der Waals surface area contributed by atoms with Gasteiger partial charge in [-0.1, -0.05) is 29.3 Å². The molecule has 2 N–H and O–H groups in total. The number of aryl methyl sites for hydroxylation is 1. The van der Waals surface area contributed by atoms with E-state index in [0.29, 0.717) is 32.6 Å². The molecule has 0 aliphatic heterocycles. The van der Waals surface area contributed by atoms with E-state index in [-0.39, 0.29) is 10.6 Å². The lowest BCUT2D eigenvalue weighted by molar-refractivity contribution is 0.102. The van der Waals surface area contributed by atoms with E-state index in [1.54, 1.807) is 43.3 Å². The van der Waals surface area contributed by atoms with Crippen molar-refractivity contribution in [1.82, 2.24) is 0 Å². The molecule has 0 aliphatic carbocycles. The van der Waals surface area contributed by atoms with Crippen LogP contribution in [0.15, 0.2) is 65.6 Å². The lowest BCUT2D eigenvalue weighted by Gasteiger charge is -2.14. The van der Waals surface area contributed by atoms with Gasteiger partial charge >= 0.3 is 0 Å². The fraction of sp³-hybridized carbons (Fsp3) is 0.0952. The molecule has 0 heterocycles. The first-order valence-electron chi connectivity index (χ1n) is 8.73. The molecular formula is C21H18Cl2N2O4S. The number of carbonyl (C=O) groups is 1. The van der Waals surface area contributed by atoms with Crippen LogP contribution in [0.5, 0.6) is 5.75 Å². The van der Waals surface area contributed by atoms with E-state index in [4.69, 9.17) is 27.9 Å². The van der Waals surface area contributed by atoms with Gasteiger partial charge in [-0.15, -0.1) is 0 Å². The number of amides is 1. The molecule has 1 amide bonds. The second-order valence-electron chi connectivity index (χ2n) is 6.39. The molecule has 0 aromatic heterocycles. The molecule has 3 aromatic carbocycles. The number of hydrogen-bond acceptors (Lipinski definition) is 4. The lowest BCUT2D eigenvalue weighted by Crippen LogP contribution is -2.16. The van der Waals surface area contributed by atoms with E-state index in [1.165, 1.54) is 31.4 Å². The van der Waals surface area contributed by atoms with Crippen LogP contribution < -0.4 is 14.8 Å². The van der Waals surface area contributed by atoms with Gasteiger partial charge in [-0.25, -0.2) is 8.42 Å². The van der Waals surface area contributed by atoms with Crippen molar-refractivity contribution in [3.8, 4) is 5.75 Å². The SMILES string of the molecule is COc1ccc(S(=O)(=O)Nc2cc(Cl)ccc2C)cc1NC(=O)c1ccc(Cl)cc1. The number of rotatable bonds is 6. The third kappa shape index (κ3) is 5.05. The van der Waals surface area contributed by atoms with Crippen LogP contribution in [-0.4, -0.2) is 21.4 Å². The summed E-state index contributed by atoms with van der Waals surface area (Å²) in [6, 6.07) is 15.4. The Labute approximate surface area is 184 Å². The van der Waals surface area contributed by atoms with E-state index in [2.05, 4.69) is 10.0 Å². The molecule has 0 saturated carbocycles. The Morgan fingerprint density at radius 3 is 2.23 bits per heavy atom. The van der Waals surface area contributed by atoms with Gasteiger partial charge in [0.15, 0.2) is 0 Å². The summed E-state index contributed by atoms with van der Waals surface area (Å²) in [5.74, 6) is -0.117. The minimum absolute atomic E-state index is 0.0471. The number of methoxy groups -OCH3 is 1. The van der Waals surface area contributed by atoms with Gasteiger partial charge < -0.3 is 10.1 Å². The quantitative estimate of drug-likeness (QED) is 0.513. The summed E-state index contributed by atoms with van der Waals surface area (Å²) in [6.07, 6.45) is 0. The largest absolute Gasteiger partial charge is 0.495 e. The zero-order valence-corrected chi connectivity index (χ0v) is 18.4. The summed E-state index contributed by atoms with van der Waals surface area (Å²) in [6.45, 7) is 1.76. The molecule has 0 aliphatic rings. The van der Waals surface area contributed by atoms with E-state index in [0.717, 1.165) is 0 Å². The van der Waals surface area contributed by atoms with Crippen LogP contribution in [0, 0.1) is 6.92 Å². The van der Waals surface area contributed by atoms with Crippen molar-refractivity contribution >= 4 is 50.5 Å². The van der Waals surface area contributed by atoms with Crippen molar-refractivity contribution in [1.29, 1.82) is 0 Å². The monoisotopic (exact) mass is 464 g/mol. The number of anilines is 2. The Balaban J connectivity index is 1.92. The molecule has 0 atom stereocenters. The molecule has 0 spiro atoms. The molecule has 156 valence electrons. The van der Waals surface area contributed by atoms with Crippen molar-refractivity contribution in [2.24, 2.45) is 0 Å². The summed E-state index contributed by atoms with van der Waals surface area (Å²) < 4.78 is 33.5. The molecule has 30 heavy (non-hydrogen) atoms. The zero-order chi connectivity index (χ0) is 21.9. The molecular weight excluding hydrogens is 447 g/mol. The van der Waals surface area contributed by atoms with E-state index < -0.39 is 15.9 Å². The van der Waals surface area contributed by atoms with Gasteiger partial charge in [0.05, 0.1) is 23.4 Å². The van der Waals surface area contributed by atoms with Crippen LogP contribution in [0.1, 0.15) is 15.9 Å². The Kier molecular flexibility index (Phi) is 6.55. The maximum Gasteiger partial charge on any atom is 0.261 e. The number of ether oxygens (including phenoxy) is 1. The van der Waals surface area contributed by atoms with Gasteiger partial charge in [0.1, 0.15) is 5.75 Å². The molecule has 0 unspecified atom stereocenters. The molecule has 6 nitrogen and oxygen atoms in total. The summed E-state index contributed by atoms with van der Waals surface area (Å²) in [7, 11) is -2.51. The predicted octanol–water partition coefficient (Wildman–Crippen LogP) is 5.36. The maximum atomic E-state index is 12.9. The number of sulfonamides is 1. The van der Waals surface area contributed by atoms with Gasteiger partial charge in [-0.05, 0) is 67.1 Å². The first-order valence-corrected chi connectivity index (χ1v) is 11.0. The van der Waals surface area contributed by atoms with Crippen LogP contribution in [0.25, 0.3) is 0 Å². The minimum atomic E-state index is -3.94. The zero-order valence-electron chi connectivity index (χ0n) is 16.1. The fourth-order valence-corrected chi connectivity index (χ4v) is 4.10. The Morgan fingerprint density at radius 2 is 1.57 bits per heavy atom. The normalized spacial score (nSPS) is 11.1. The van der Waals surface area contributed by atoms with Crippen LogP contribution in [0.3, 0.4) is 0 Å². The fourth-order valence-electron chi connectivity index (χ4n) is 2.66. The topological polar surface area (TPSA) is 84.5 Å². The number of carbonyl (C=O) groups excluding carboxylic acids is 1. The standard InChI is InChI=1S/C21H18Cl2N2O4S/c1-13-3-6-16(23)11-18(13)25-30(27,28)17-9-10-20(29-2)19(12-17)24-21(26)14-4-7-15(22)8-5-14/h3-12,25H,1-2H3,(H,24,26). The second-order valence-corrected chi connectivity index (χ2v) is 8.94. The van der Waals surface area contributed by atoms with Gasteiger partial charge in [0, 0.05) is 15.6 Å². The van der Waals surface area contributed by atoms with E-state index in [9.17, 15) is 13.2 Å². The van der Waals surface area contributed by atoms with Crippen molar-refractivity contribution in [3.63, 3.8) is 0 Å². The molecule has 9 heteroatoms. The lowest BCUT2D eigenvalue weighted by atomic mass is 10.2. The van der Waals surface area contributed by atoms with Gasteiger partial charge in [0.2, 0.25) is 0 Å². The smallest absolute Gasteiger partial charge is 0.261 e. The molecule has 0 saturated heterocycles. The number of halogens is 2. The van der Waals surface area contributed by atoms with Gasteiger partial charge in [-0.2, -0.15) is 0 Å². The Morgan fingerprint density at radius 1 is 0.900 bits per heavy atom. The summed E-state index contributed by atoms with van der Waals surface area (Å²) in [4.78, 5) is 12.5. The highest BCUT2D eigenvalue weighted by Gasteiger charge is 2.19. The summed E-state index contributed by atoms with van der Waals surface area (Å²) >= 11 is 11.8. The number of benzene rings is 3. The molecule has 0 bridgehead atoms. The third-order valence-electron chi connectivity index (χ3n) is 4.28. The molecule has 0 fully saturated rings. The van der Waals surface area contributed by atoms with Gasteiger partial charge in [-0.3, -0.25) is 9.52 Å². The van der Waals surface area contributed by atoms with E-state index >= 15 is 0 Å². The Hall–Kier alpha value is -2.74. The highest BCUT2D eigenvalue weighted by atomic mass is 35.5. The third-order valence-corrected chi connectivity index (χ3v) is 6.13. The van der Waals surface area contributed by atoms with Crippen LogP contribution in [0.2, 0.25) is 10.0 Å². The van der Waals surface area contributed by atoms with Crippen LogP contribution >= 0.6 is 23.2 Å². The molecule has 3 rings (SSSR count). The van der Waals surface area contributed by atoms with E-state index in [1.807, 2.05) is 0 Å². The Bertz CT molecular complexity index is 1200. The molecule has 3 aromatic rings. The average molecular weight is 465 g/mol. The summed E-state index contributed by atoms with van der Waals surface area (Å²) in [5.41, 5.74) is 1.66. The summed E-state index contributed by atoms with van der Waals surface area (Å²) in [5, 5.41) is 3.58. The maximum absolute atomic E-state index is 12.9. The number of hydrogen-bond donors (Lipinski definition) is 2.